The fourth-order valence-corrected chi connectivity index (χ4v) is 1.95. The van der Waals surface area contributed by atoms with Crippen LogP contribution >= 0.6 is 22.6 Å². The monoisotopic (exact) mass is 294 g/mol. The molecule has 1 aromatic heterocycles. The zero-order valence-electron chi connectivity index (χ0n) is 7.31. The normalized spacial score (nSPS) is 12.3. The molecule has 0 spiro atoms. The van der Waals surface area contributed by atoms with Crippen LogP contribution in [0.15, 0.2) is 36.5 Å². The molecule has 0 saturated carbocycles. The summed E-state index contributed by atoms with van der Waals surface area (Å²) in [5, 5.41) is 9.94. The van der Waals surface area contributed by atoms with Crippen LogP contribution in [0.2, 0.25) is 0 Å². The van der Waals surface area contributed by atoms with Crippen LogP contribution in [0.3, 0.4) is 0 Å². The van der Waals surface area contributed by atoms with E-state index in [-0.39, 0.29) is 3.92 Å². The molecule has 1 aromatic carbocycles. The molecule has 3 heteroatoms. The van der Waals surface area contributed by atoms with Crippen LogP contribution in [0.25, 0.3) is 10.9 Å². The largest absolute Gasteiger partial charge is 0.256 e. The molecule has 68 valence electrons. The van der Waals surface area contributed by atoms with Crippen molar-refractivity contribution in [3.8, 4) is 6.07 Å². The number of pyridine rings is 1. The van der Waals surface area contributed by atoms with Gasteiger partial charge in [-0.05, 0) is 17.7 Å². The lowest BCUT2D eigenvalue weighted by molar-refractivity contribution is 1.26. The first-order valence-corrected chi connectivity index (χ1v) is 5.45. The van der Waals surface area contributed by atoms with Crippen LogP contribution < -0.4 is 0 Å². The summed E-state index contributed by atoms with van der Waals surface area (Å²) in [4.78, 5) is 4.25. The molecular formula is C11H7IN2. The summed E-state index contributed by atoms with van der Waals surface area (Å²) in [5.74, 6) is 0. The van der Waals surface area contributed by atoms with Crippen LogP contribution in [0.4, 0.5) is 0 Å². The van der Waals surface area contributed by atoms with Gasteiger partial charge in [0.1, 0.15) is 3.92 Å². The highest BCUT2D eigenvalue weighted by Gasteiger charge is 2.09. The van der Waals surface area contributed by atoms with Crippen LogP contribution in [0.1, 0.15) is 9.49 Å². The third-order valence-corrected chi connectivity index (χ3v) is 3.02. The lowest BCUT2D eigenvalue weighted by Crippen LogP contribution is -1.89. The Morgan fingerprint density at radius 2 is 2.07 bits per heavy atom. The number of benzene rings is 1. The second-order valence-corrected chi connectivity index (χ2v) is 4.15. The fourth-order valence-electron chi connectivity index (χ4n) is 1.41. The zero-order valence-corrected chi connectivity index (χ0v) is 9.47. The van der Waals surface area contributed by atoms with E-state index in [1.54, 1.807) is 6.20 Å². The zero-order chi connectivity index (χ0) is 9.97. The van der Waals surface area contributed by atoms with E-state index in [9.17, 15) is 0 Å². The molecule has 1 heterocycles. The van der Waals surface area contributed by atoms with E-state index in [4.69, 9.17) is 5.26 Å². The third-order valence-electron chi connectivity index (χ3n) is 2.07. The number of fused-ring (bicyclic) bond motifs is 1. The standard InChI is InChI=1S/C11H7IN2/c12-10(7-13)8-5-6-14-11-4-2-1-3-9(8)11/h1-6,10H. The van der Waals surface area contributed by atoms with Crippen molar-refractivity contribution in [2.75, 3.05) is 0 Å². The molecule has 0 aliphatic heterocycles. The van der Waals surface area contributed by atoms with Crippen molar-refractivity contribution in [2.45, 2.75) is 3.92 Å². The van der Waals surface area contributed by atoms with E-state index in [0.29, 0.717) is 0 Å². The summed E-state index contributed by atoms with van der Waals surface area (Å²) in [7, 11) is 0. The summed E-state index contributed by atoms with van der Waals surface area (Å²) in [6.45, 7) is 0. The van der Waals surface area contributed by atoms with Gasteiger partial charge in [-0.1, -0.05) is 40.8 Å². The number of alkyl halides is 1. The number of nitriles is 1. The Hall–Kier alpha value is -1.15. The van der Waals surface area contributed by atoms with Gasteiger partial charge in [0.15, 0.2) is 0 Å². The van der Waals surface area contributed by atoms with E-state index in [2.05, 4.69) is 33.6 Å². The summed E-state index contributed by atoms with van der Waals surface area (Å²) in [5.41, 5.74) is 1.99. The Kier molecular flexibility index (Phi) is 2.64. The molecule has 0 radical (unpaired) electrons. The van der Waals surface area contributed by atoms with Crippen molar-refractivity contribution in [1.29, 1.82) is 5.26 Å². The molecule has 0 aliphatic carbocycles. The van der Waals surface area contributed by atoms with E-state index in [1.165, 1.54) is 0 Å². The molecular weight excluding hydrogens is 287 g/mol. The first kappa shape index (κ1) is 9.41. The fraction of sp³-hybridized carbons (Fsp3) is 0.0909. The summed E-state index contributed by atoms with van der Waals surface area (Å²) < 4.78 is -0.111. The van der Waals surface area contributed by atoms with Gasteiger partial charge in [-0.3, -0.25) is 4.98 Å². The average Bonchev–Trinajstić information content (AvgIpc) is 2.27. The van der Waals surface area contributed by atoms with Crippen molar-refractivity contribution in [3.63, 3.8) is 0 Å². The van der Waals surface area contributed by atoms with E-state index in [0.717, 1.165) is 16.5 Å². The Balaban J connectivity index is 2.72. The van der Waals surface area contributed by atoms with Crippen molar-refractivity contribution in [2.24, 2.45) is 0 Å². The predicted molar refractivity (Wildman–Crippen MR) is 64.1 cm³/mol. The van der Waals surface area contributed by atoms with E-state index < -0.39 is 0 Å². The molecule has 0 bridgehead atoms. The third kappa shape index (κ3) is 1.58. The molecule has 1 unspecified atom stereocenters. The van der Waals surface area contributed by atoms with E-state index >= 15 is 0 Å². The molecule has 14 heavy (non-hydrogen) atoms. The van der Waals surface area contributed by atoms with Gasteiger partial charge >= 0.3 is 0 Å². The quantitative estimate of drug-likeness (QED) is 0.598. The highest BCUT2D eigenvalue weighted by molar-refractivity contribution is 14.1. The second-order valence-electron chi connectivity index (χ2n) is 2.91. The second kappa shape index (κ2) is 3.93. The number of aromatic nitrogens is 1. The van der Waals surface area contributed by atoms with Crippen molar-refractivity contribution in [3.05, 3.63) is 42.1 Å². The van der Waals surface area contributed by atoms with Gasteiger partial charge in [0.2, 0.25) is 0 Å². The van der Waals surface area contributed by atoms with Gasteiger partial charge in [-0.25, -0.2) is 0 Å². The van der Waals surface area contributed by atoms with Gasteiger partial charge in [0.05, 0.1) is 11.6 Å². The summed E-state index contributed by atoms with van der Waals surface area (Å²) in [6, 6.07) is 12.0. The minimum Gasteiger partial charge on any atom is -0.256 e. The lowest BCUT2D eigenvalue weighted by atomic mass is 10.1. The average molecular weight is 294 g/mol. The highest BCUT2D eigenvalue weighted by atomic mass is 127. The number of nitrogens with zero attached hydrogens (tertiary/aromatic N) is 2. The Morgan fingerprint density at radius 1 is 1.29 bits per heavy atom. The van der Waals surface area contributed by atoms with E-state index in [1.807, 2.05) is 30.3 Å². The minimum atomic E-state index is -0.111. The topological polar surface area (TPSA) is 36.7 Å². The number of halogens is 1. The smallest absolute Gasteiger partial charge is 0.123 e. The van der Waals surface area contributed by atoms with Crippen LogP contribution in [-0.4, -0.2) is 4.98 Å². The first-order valence-electron chi connectivity index (χ1n) is 4.20. The predicted octanol–water partition coefficient (Wildman–Crippen LogP) is 3.23. The molecule has 0 aliphatic rings. The maximum absolute atomic E-state index is 8.87. The van der Waals surface area contributed by atoms with Gasteiger partial charge in [-0.15, -0.1) is 0 Å². The van der Waals surface area contributed by atoms with Gasteiger partial charge < -0.3 is 0 Å². The maximum Gasteiger partial charge on any atom is 0.123 e. The Labute approximate surface area is 95.7 Å². The molecule has 2 rings (SSSR count). The molecule has 0 N–H and O–H groups in total. The molecule has 0 amide bonds. The first-order chi connectivity index (χ1) is 6.83. The number of para-hydroxylation sites is 1. The highest BCUT2D eigenvalue weighted by Crippen LogP contribution is 2.28. The van der Waals surface area contributed by atoms with Gasteiger partial charge in [-0.2, -0.15) is 5.26 Å². The Bertz CT molecular complexity index is 497. The molecule has 1 atom stereocenters. The molecule has 2 aromatic rings. The Morgan fingerprint density at radius 3 is 2.86 bits per heavy atom. The maximum atomic E-state index is 8.87. The molecule has 0 saturated heterocycles. The van der Waals surface area contributed by atoms with Crippen LogP contribution in [0.5, 0.6) is 0 Å². The lowest BCUT2D eigenvalue weighted by Gasteiger charge is -2.05. The minimum absolute atomic E-state index is 0.111. The van der Waals surface area contributed by atoms with Gasteiger partial charge in [0, 0.05) is 11.6 Å². The summed E-state index contributed by atoms with van der Waals surface area (Å²) >= 11 is 2.13. The van der Waals surface area contributed by atoms with Crippen molar-refractivity contribution in [1.82, 2.24) is 4.98 Å². The molecule has 0 fully saturated rings. The number of hydrogen-bond donors (Lipinski definition) is 0. The summed E-state index contributed by atoms with van der Waals surface area (Å²) in [6.07, 6.45) is 1.75. The van der Waals surface area contributed by atoms with Crippen molar-refractivity contribution >= 4 is 33.5 Å². The van der Waals surface area contributed by atoms with Gasteiger partial charge in [0.25, 0.3) is 0 Å². The van der Waals surface area contributed by atoms with Crippen LogP contribution in [0, 0.1) is 11.3 Å². The number of rotatable bonds is 1. The molecule has 2 nitrogen and oxygen atoms in total. The SMILES string of the molecule is N#CC(I)c1ccnc2ccccc12. The van der Waals surface area contributed by atoms with Crippen LogP contribution in [-0.2, 0) is 0 Å². The van der Waals surface area contributed by atoms with Crippen molar-refractivity contribution < 1.29 is 0 Å². The number of hydrogen-bond acceptors (Lipinski definition) is 2.